The van der Waals surface area contributed by atoms with Gasteiger partial charge in [0.15, 0.2) is 0 Å². The van der Waals surface area contributed by atoms with Gasteiger partial charge in [0.1, 0.15) is 0 Å². The molecule has 0 atom stereocenters. The van der Waals surface area contributed by atoms with Gasteiger partial charge in [0.2, 0.25) is 5.78 Å². The molecule has 3 heteroatoms. The maximum Gasteiger partial charge on any atom is 0.234 e. The van der Waals surface area contributed by atoms with Gasteiger partial charge in [-0.2, -0.15) is 0 Å². The van der Waals surface area contributed by atoms with Crippen molar-refractivity contribution in [2.75, 3.05) is 0 Å². The predicted molar refractivity (Wildman–Crippen MR) is 57.3 cm³/mol. The normalized spacial score (nSPS) is 10.7. The minimum Gasteiger partial charge on any atom is -0.284 e. The van der Waals surface area contributed by atoms with Crippen LogP contribution in [0.15, 0.2) is 48.8 Å². The number of benzene rings is 1. The van der Waals surface area contributed by atoms with Crippen LogP contribution in [0.25, 0.3) is 17.0 Å². The maximum absolute atomic E-state index is 4.22. The maximum atomic E-state index is 4.22. The van der Waals surface area contributed by atoms with Crippen LogP contribution >= 0.6 is 0 Å². The van der Waals surface area contributed by atoms with Crippen molar-refractivity contribution < 1.29 is 0 Å². The average Bonchev–Trinajstić information content (AvgIpc) is 2.74. The van der Waals surface area contributed by atoms with Gasteiger partial charge in [-0.3, -0.25) is 4.40 Å². The Balaban J connectivity index is 2.28. The Morgan fingerprint density at radius 2 is 2.00 bits per heavy atom. The van der Waals surface area contributed by atoms with Gasteiger partial charge in [-0.15, -0.1) is 0 Å². The SMILES string of the molecule is [c]1ccn2c(-c3ccccc3)cnc2n1. The fourth-order valence-corrected chi connectivity index (χ4v) is 1.61. The van der Waals surface area contributed by atoms with E-state index in [-0.39, 0.29) is 0 Å². The van der Waals surface area contributed by atoms with Crippen LogP contribution in [0.2, 0.25) is 0 Å². The average molecular weight is 194 g/mol. The summed E-state index contributed by atoms with van der Waals surface area (Å²) in [7, 11) is 0. The Morgan fingerprint density at radius 1 is 1.13 bits per heavy atom. The highest BCUT2D eigenvalue weighted by Crippen LogP contribution is 2.18. The molecule has 0 saturated carbocycles. The number of aromatic nitrogens is 3. The Bertz CT molecular complexity index is 584. The molecule has 15 heavy (non-hydrogen) atoms. The van der Waals surface area contributed by atoms with E-state index in [2.05, 4.69) is 28.3 Å². The minimum atomic E-state index is 0.677. The number of hydrogen-bond acceptors (Lipinski definition) is 2. The van der Waals surface area contributed by atoms with Crippen LogP contribution in [-0.4, -0.2) is 14.4 Å². The lowest BCUT2D eigenvalue weighted by atomic mass is 10.2. The summed E-state index contributed by atoms with van der Waals surface area (Å²) in [4.78, 5) is 8.27. The molecule has 3 rings (SSSR count). The quantitative estimate of drug-likeness (QED) is 0.594. The number of rotatable bonds is 1. The first-order valence-corrected chi connectivity index (χ1v) is 4.71. The van der Waals surface area contributed by atoms with Crippen molar-refractivity contribution in [3.05, 3.63) is 55.0 Å². The molecule has 1 radical (unpaired) electrons. The molecule has 0 unspecified atom stereocenters. The van der Waals surface area contributed by atoms with Gasteiger partial charge in [0, 0.05) is 11.8 Å². The van der Waals surface area contributed by atoms with Crippen LogP contribution in [-0.2, 0) is 0 Å². The summed E-state index contributed by atoms with van der Waals surface area (Å²) in [5.41, 5.74) is 2.19. The van der Waals surface area contributed by atoms with Crippen molar-refractivity contribution in [1.82, 2.24) is 14.4 Å². The van der Waals surface area contributed by atoms with Crippen molar-refractivity contribution in [3.8, 4) is 11.3 Å². The van der Waals surface area contributed by atoms with Gasteiger partial charge >= 0.3 is 0 Å². The van der Waals surface area contributed by atoms with Gasteiger partial charge in [-0.25, -0.2) is 9.97 Å². The van der Waals surface area contributed by atoms with Crippen molar-refractivity contribution >= 4 is 5.78 Å². The zero-order valence-corrected chi connectivity index (χ0v) is 7.96. The van der Waals surface area contributed by atoms with Gasteiger partial charge in [-0.05, 0) is 6.07 Å². The van der Waals surface area contributed by atoms with Crippen molar-refractivity contribution in [2.45, 2.75) is 0 Å². The van der Waals surface area contributed by atoms with Crippen LogP contribution in [0.4, 0.5) is 0 Å². The number of imidazole rings is 1. The van der Waals surface area contributed by atoms with E-state index in [1.54, 1.807) is 6.07 Å². The second kappa shape index (κ2) is 3.20. The van der Waals surface area contributed by atoms with E-state index in [4.69, 9.17) is 0 Å². The highest BCUT2D eigenvalue weighted by atomic mass is 15.1. The first-order valence-electron chi connectivity index (χ1n) is 4.71. The van der Waals surface area contributed by atoms with Crippen LogP contribution in [0.1, 0.15) is 0 Å². The molecule has 3 aromatic rings. The molecule has 71 valence electrons. The molecule has 0 bridgehead atoms. The summed E-state index contributed by atoms with van der Waals surface area (Å²) in [6.07, 6.45) is 6.51. The summed E-state index contributed by atoms with van der Waals surface area (Å²) in [6.45, 7) is 0. The lowest BCUT2D eigenvalue weighted by molar-refractivity contribution is 1.11. The molecule has 3 nitrogen and oxygen atoms in total. The van der Waals surface area contributed by atoms with Crippen molar-refractivity contribution in [2.24, 2.45) is 0 Å². The second-order valence-corrected chi connectivity index (χ2v) is 3.24. The highest BCUT2D eigenvalue weighted by Gasteiger charge is 2.04. The Kier molecular flexibility index (Phi) is 1.75. The van der Waals surface area contributed by atoms with Gasteiger partial charge in [-0.1, -0.05) is 30.3 Å². The largest absolute Gasteiger partial charge is 0.284 e. The monoisotopic (exact) mass is 194 g/mol. The molecule has 2 heterocycles. The van der Waals surface area contributed by atoms with Crippen LogP contribution in [0, 0.1) is 6.20 Å². The van der Waals surface area contributed by atoms with E-state index < -0.39 is 0 Å². The number of fused-ring (bicyclic) bond motifs is 1. The zero-order chi connectivity index (χ0) is 10.1. The molecular formula is C12H8N3. The fourth-order valence-electron chi connectivity index (χ4n) is 1.61. The third kappa shape index (κ3) is 1.29. The molecule has 0 fully saturated rings. The van der Waals surface area contributed by atoms with E-state index >= 15 is 0 Å². The molecule has 0 aliphatic heterocycles. The third-order valence-electron chi connectivity index (χ3n) is 2.31. The van der Waals surface area contributed by atoms with Crippen molar-refractivity contribution in [1.29, 1.82) is 0 Å². The summed E-state index contributed by atoms with van der Waals surface area (Å²) >= 11 is 0. The van der Waals surface area contributed by atoms with E-state index in [1.165, 1.54) is 0 Å². The first kappa shape index (κ1) is 8.17. The molecule has 0 aliphatic carbocycles. The lowest BCUT2D eigenvalue weighted by Gasteiger charge is -1.99. The Morgan fingerprint density at radius 3 is 2.87 bits per heavy atom. The highest BCUT2D eigenvalue weighted by molar-refractivity contribution is 5.61. The summed E-state index contributed by atoms with van der Waals surface area (Å²) in [5.74, 6) is 0.677. The smallest absolute Gasteiger partial charge is 0.234 e. The van der Waals surface area contributed by atoms with E-state index in [9.17, 15) is 0 Å². The van der Waals surface area contributed by atoms with Crippen LogP contribution < -0.4 is 0 Å². The molecule has 0 amide bonds. The topological polar surface area (TPSA) is 30.2 Å². The van der Waals surface area contributed by atoms with Gasteiger partial charge in [0.05, 0.1) is 18.1 Å². The second-order valence-electron chi connectivity index (χ2n) is 3.24. The molecule has 0 aliphatic rings. The summed E-state index contributed by atoms with van der Waals surface area (Å²) in [6, 6.07) is 11.9. The lowest BCUT2D eigenvalue weighted by Crippen LogP contribution is -1.89. The van der Waals surface area contributed by atoms with Gasteiger partial charge < -0.3 is 0 Å². The molecule has 0 N–H and O–H groups in total. The standard InChI is InChI=1S/C12H8N3/c1-2-5-10(6-3-1)11-9-14-12-13-7-4-8-15(11)12/h1-6,8-9H. The third-order valence-corrected chi connectivity index (χ3v) is 2.31. The van der Waals surface area contributed by atoms with Crippen molar-refractivity contribution in [3.63, 3.8) is 0 Å². The molecule has 1 aromatic carbocycles. The molecule has 0 spiro atoms. The summed E-state index contributed by atoms with van der Waals surface area (Å²) < 4.78 is 1.95. The van der Waals surface area contributed by atoms with Crippen LogP contribution in [0.5, 0.6) is 0 Å². The zero-order valence-electron chi connectivity index (χ0n) is 7.96. The van der Waals surface area contributed by atoms with E-state index in [1.807, 2.05) is 35.0 Å². The molecular weight excluding hydrogens is 186 g/mol. The first-order chi connectivity index (χ1) is 7.45. The van der Waals surface area contributed by atoms with Gasteiger partial charge in [0.25, 0.3) is 0 Å². The van der Waals surface area contributed by atoms with E-state index in [0.717, 1.165) is 11.3 Å². The minimum absolute atomic E-state index is 0.677. The number of nitrogens with zero attached hydrogens (tertiary/aromatic N) is 3. The molecule has 2 aromatic heterocycles. The Labute approximate surface area is 87.0 Å². The van der Waals surface area contributed by atoms with E-state index in [0.29, 0.717) is 5.78 Å². The Hall–Kier alpha value is -2.16. The van der Waals surface area contributed by atoms with Crippen LogP contribution in [0.3, 0.4) is 0 Å². The predicted octanol–water partition coefficient (Wildman–Crippen LogP) is 2.20. The number of hydrogen-bond donors (Lipinski definition) is 0. The summed E-state index contributed by atoms with van der Waals surface area (Å²) in [5, 5.41) is 0. The molecule has 0 saturated heterocycles. The fraction of sp³-hybridized carbons (Fsp3) is 0.